The highest BCUT2D eigenvalue weighted by atomic mass is 16.3. The van der Waals surface area contributed by atoms with E-state index < -0.39 is 6.10 Å². The lowest BCUT2D eigenvalue weighted by Gasteiger charge is -2.26. The highest BCUT2D eigenvalue weighted by Gasteiger charge is 2.19. The molecule has 1 atom stereocenters. The van der Waals surface area contributed by atoms with Gasteiger partial charge in [-0.05, 0) is 48.9 Å². The number of hydrogen-bond acceptors (Lipinski definition) is 4. The molecule has 1 aromatic heterocycles. The molecule has 129 valence electrons. The number of phenolic OH excluding ortho intramolecular Hbond substituents is 1. The van der Waals surface area contributed by atoms with Crippen molar-refractivity contribution in [1.82, 2.24) is 10.3 Å². The maximum atomic E-state index is 11.4. The minimum atomic E-state index is -0.691. The Morgan fingerprint density at radius 3 is 2.71 bits per heavy atom. The molecule has 2 aromatic rings. The molecule has 0 saturated heterocycles. The number of aliphatic hydroxyl groups is 1. The maximum Gasteiger partial charge on any atom is 0.248 e. The van der Waals surface area contributed by atoms with Crippen LogP contribution in [0.15, 0.2) is 29.1 Å². The van der Waals surface area contributed by atoms with Crippen molar-refractivity contribution in [3.05, 3.63) is 47.1 Å². The summed E-state index contributed by atoms with van der Waals surface area (Å²) in [5, 5.41) is 24.4. The second-order valence-corrected chi connectivity index (χ2v) is 6.85. The number of aromatic hydroxyl groups is 1. The van der Waals surface area contributed by atoms with E-state index >= 15 is 0 Å². The molecule has 1 saturated carbocycles. The average Bonchev–Trinajstić information content (AvgIpc) is 2.57. The Hall–Kier alpha value is -1.85. The average molecular weight is 329 g/mol. The van der Waals surface area contributed by atoms with Gasteiger partial charge in [-0.1, -0.05) is 25.8 Å². The molecule has 4 N–H and O–H groups in total. The van der Waals surface area contributed by atoms with E-state index in [0.717, 1.165) is 6.54 Å². The van der Waals surface area contributed by atoms with E-state index in [1.807, 2.05) is 0 Å². The number of rotatable bonds is 5. The topological polar surface area (TPSA) is 85.3 Å². The van der Waals surface area contributed by atoms with Crippen molar-refractivity contribution in [2.45, 2.75) is 31.8 Å². The smallest absolute Gasteiger partial charge is 0.248 e. The normalized spacial score (nSPS) is 22.6. The van der Waals surface area contributed by atoms with E-state index in [1.165, 1.54) is 37.8 Å². The molecule has 1 aliphatic carbocycles. The Morgan fingerprint density at radius 2 is 1.96 bits per heavy atom. The van der Waals surface area contributed by atoms with Crippen LogP contribution < -0.4 is 10.9 Å². The molecule has 5 nitrogen and oxygen atoms in total. The highest BCUT2D eigenvalue weighted by molar-refractivity contribution is 5.87. The van der Waals surface area contributed by atoms with Gasteiger partial charge in [0, 0.05) is 18.0 Å². The van der Waals surface area contributed by atoms with E-state index in [0.29, 0.717) is 34.8 Å². The number of pyridine rings is 1. The molecule has 1 fully saturated rings. The Bertz CT molecular complexity index is 748. The number of hydrogen-bond donors (Lipinski definition) is 4. The zero-order chi connectivity index (χ0) is 17.1. The second kappa shape index (κ2) is 7.36. The van der Waals surface area contributed by atoms with Crippen LogP contribution in [-0.4, -0.2) is 28.3 Å². The van der Waals surface area contributed by atoms with Crippen LogP contribution in [0.1, 0.15) is 37.4 Å². The predicted molar refractivity (Wildman–Crippen MR) is 94.9 cm³/mol. The minimum Gasteiger partial charge on any atom is -0.506 e. The van der Waals surface area contributed by atoms with Gasteiger partial charge in [0.05, 0.1) is 11.6 Å². The van der Waals surface area contributed by atoms with Crippen molar-refractivity contribution in [1.29, 1.82) is 0 Å². The number of benzene rings is 1. The van der Waals surface area contributed by atoms with Gasteiger partial charge in [-0.15, -0.1) is 0 Å². The van der Waals surface area contributed by atoms with Crippen LogP contribution in [0.25, 0.3) is 10.9 Å². The summed E-state index contributed by atoms with van der Waals surface area (Å²) < 4.78 is 0. The molecular weight excluding hydrogens is 304 g/mol. The van der Waals surface area contributed by atoms with E-state index in [1.54, 1.807) is 12.1 Å². The number of aromatic nitrogens is 1. The molecule has 24 heavy (non-hydrogen) atoms. The Balaban J connectivity index is 1.65. The molecule has 0 unspecified atom stereocenters. The van der Waals surface area contributed by atoms with Crippen LogP contribution in [-0.2, 0) is 0 Å². The molecular formula is C19H25N2O3. The summed E-state index contributed by atoms with van der Waals surface area (Å²) in [6, 6.07) is 6.26. The van der Waals surface area contributed by atoms with E-state index in [4.69, 9.17) is 0 Å². The number of aliphatic hydroxyl groups excluding tert-OH is 1. The first-order chi connectivity index (χ1) is 11.5. The van der Waals surface area contributed by atoms with Gasteiger partial charge in [0.2, 0.25) is 5.56 Å². The Morgan fingerprint density at radius 1 is 1.21 bits per heavy atom. The maximum absolute atomic E-state index is 11.4. The molecule has 1 radical (unpaired) electrons. The first-order valence-corrected chi connectivity index (χ1v) is 8.61. The zero-order valence-electron chi connectivity index (χ0n) is 13.8. The third kappa shape index (κ3) is 3.79. The number of aromatic amines is 1. The van der Waals surface area contributed by atoms with Gasteiger partial charge in [0.1, 0.15) is 5.75 Å². The summed E-state index contributed by atoms with van der Waals surface area (Å²) in [5.41, 5.74) is 0.796. The predicted octanol–water partition coefficient (Wildman–Crippen LogP) is 2.50. The van der Waals surface area contributed by atoms with Crippen molar-refractivity contribution in [3.63, 3.8) is 0 Å². The summed E-state index contributed by atoms with van der Waals surface area (Å²) in [6.07, 6.45) is 4.07. The van der Waals surface area contributed by atoms with E-state index in [2.05, 4.69) is 17.2 Å². The number of H-pyrrole nitrogens is 1. The molecule has 5 heteroatoms. The highest BCUT2D eigenvalue weighted by Crippen LogP contribution is 2.29. The minimum absolute atomic E-state index is 0.0107. The standard InChI is InChI=1S/C19H25N2O3/c1-12-2-4-13(5-3-12)10-20-11-17(23)14-6-8-16(22)19-15(14)7-9-18(24)21-19/h6-9,12-13,17,20,22-23H,1-5,10-11H2,(H,21,24)/t12-,13-,17-/m0/s1. The molecule has 0 spiro atoms. The van der Waals surface area contributed by atoms with Crippen molar-refractivity contribution >= 4 is 10.9 Å². The van der Waals surface area contributed by atoms with Crippen molar-refractivity contribution < 1.29 is 10.2 Å². The summed E-state index contributed by atoms with van der Waals surface area (Å²) in [7, 11) is 0. The van der Waals surface area contributed by atoms with Crippen molar-refractivity contribution in [2.24, 2.45) is 11.8 Å². The van der Waals surface area contributed by atoms with Crippen LogP contribution in [0.4, 0.5) is 0 Å². The van der Waals surface area contributed by atoms with Crippen LogP contribution in [0.5, 0.6) is 5.75 Å². The molecule has 1 heterocycles. The van der Waals surface area contributed by atoms with Crippen LogP contribution in [0.3, 0.4) is 0 Å². The third-order valence-corrected chi connectivity index (χ3v) is 5.00. The number of fused-ring (bicyclic) bond motifs is 1. The number of nitrogens with one attached hydrogen (secondary N) is 2. The van der Waals surface area contributed by atoms with Gasteiger partial charge in [-0.25, -0.2) is 0 Å². The molecule has 0 bridgehead atoms. The molecule has 1 aromatic carbocycles. The lowest BCUT2D eigenvalue weighted by molar-refractivity contribution is 0.171. The summed E-state index contributed by atoms with van der Waals surface area (Å²) in [4.78, 5) is 14.1. The molecule has 0 aliphatic heterocycles. The molecule has 0 amide bonds. The summed E-state index contributed by atoms with van der Waals surface area (Å²) in [5.74, 6) is 1.26. The van der Waals surface area contributed by atoms with Gasteiger partial charge in [-0.3, -0.25) is 4.79 Å². The fourth-order valence-corrected chi connectivity index (χ4v) is 3.52. The van der Waals surface area contributed by atoms with Gasteiger partial charge >= 0.3 is 0 Å². The van der Waals surface area contributed by atoms with Crippen LogP contribution >= 0.6 is 0 Å². The second-order valence-electron chi connectivity index (χ2n) is 6.85. The van der Waals surface area contributed by atoms with E-state index in [-0.39, 0.29) is 11.3 Å². The van der Waals surface area contributed by atoms with Gasteiger partial charge < -0.3 is 20.5 Å². The van der Waals surface area contributed by atoms with Gasteiger partial charge in [0.25, 0.3) is 0 Å². The van der Waals surface area contributed by atoms with Crippen molar-refractivity contribution in [3.8, 4) is 5.75 Å². The first-order valence-electron chi connectivity index (χ1n) is 8.61. The quantitative estimate of drug-likeness (QED) is 0.679. The molecule has 3 rings (SSSR count). The fraction of sp³-hybridized carbons (Fsp3) is 0.474. The number of phenols is 1. The fourth-order valence-electron chi connectivity index (χ4n) is 3.52. The lowest BCUT2D eigenvalue weighted by Crippen LogP contribution is -2.29. The van der Waals surface area contributed by atoms with Gasteiger partial charge in [0.15, 0.2) is 0 Å². The largest absolute Gasteiger partial charge is 0.506 e. The Kier molecular flexibility index (Phi) is 5.21. The SMILES string of the molecule is [CH2][C@H]1CC[C@H](CNC[C@H](O)c2ccc(O)c3[nH]c(=O)ccc23)CC1. The van der Waals surface area contributed by atoms with Gasteiger partial charge in [-0.2, -0.15) is 0 Å². The Labute approximate surface area is 141 Å². The lowest BCUT2D eigenvalue weighted by atomic mass is 9.83. The first kappa shape index (κ1) is 17.0. The van der Waals surface area contributed by atoms with Crippen LogP contribution in [0, 0.1) is 18.8 Å². The third-order valence-electron chi connectivity index (χ3n) is 5.00. The zero-order valence-corrected chi connectivity index (χ0v) is 13.8. The van der Waals surface area contributed by atoms with Crippen LogP contribution in [0.2, 0.25) is 0 Å². The van der Waals surface area contributed by atoms with E-state index in [9.17, 15) is 15.0 Å². The summed E-state index contributed by atoms with van der Waals surface area (Å²) in [6.45, 7) is 5.46. The summed E-state index contributed by atoms with van der Waals surface area (Å²) >= 11 is 0. The molecule has 1 aliphatic rings. The monoisotopic (exact) mass is 329 g/mol. The van der Waals surface area contributed by atoms with Crippen molar-refractivity contribution in [2.75, 3.05) is 13.1 Å².